The van der Waals surface area contributed by atoms with Gasteiger partial charge in [-0.2, -0.15) is 0 Å². The van der Waals surface area contributed by atoms with Crippen molar-refractivity contribution in [1.29, 1.82) is 0 Å². The van der Waals surface area contributed by atoms with E-state index in [9.17, 15) is 9.18 Å². The van der Waals surface area contributed by atoms with Gasteiger partial charge < -0.3 is 5.32 Å². The Labute approximate surface area is 140 Å². The minimum atomic E-state index is -0.298. The van der Waals surface area contributed by atoms with Crippen LogP contribution in [-0.4, -0.2) is 18.9 Å². The van der Waals surface area contributed by atoms with Crippen LogP contribution in [0.5, 0.6) is 0 Å². The van der Waals surface area contributed by atoms with Crippen LogP contribution in [-0.2, 0) is 0 Å². The second-order valence-electron chi connectivity index (χ2n) is 6.26. The summed E-state index contributed by atoms with van der Waals surface area (Å²) in [4.78, 5) is 11.9. The third-order valence-electron chi connectivity index (χ3n) is 4.13. The van der Waals surface area contributed by atoms with Crippen molar-refractivity contribution in [3.8, 4) is 0 Å². The average Bonchev–Trinajstić information content (AvgIpc) is 2.56. The molecule has 0 atom stereocenters. The van der Waals surface area contributed by atoms with Crippen molar-refractivity contribution < 1.29 is 9.18 Å². The van der Waals surface area contributed by atoms with E-state index < -0.39 is 0 Å². The van der Waals surface area contributed by atoms with Gasteiger partial charge in [0.1, 0.15) is 5.82 Å². The normalized spacial score (nSPS) is 10.9. The fourth-order valence-electron chi connectivity index (χ4n) is 2.66. The second kappa shape index (κ2) is 13.2. The third-order valence-corrected chi connectivity index (χ3v) is 4.13. The maximum absolute atomic E-state index is 12.8. The van der Waals surface area contributed by atoms with E-state index in [2.05, 4.69) is 12.2 Å². The molecule has 1 N–H and O–H groups in total. The highest BCUT2D eigenvalue weighted by Crippen LogP contribution is 2.08. The van der Waals surface area contributed by atoms with Crippen molar-refractivity contribution in [3.05, 3.63) is 35.6 Å². The zero-order valence-electron chi connectivity index (χ0n) is 14.6. The number of unbranched alkanes of at least 4 members (excludes halogenated alkanes) is 7. The van der Waals surface area contributed by atoms with Gasteiger partial charge in [-0.05, 0) is 50.2 Å². The molecule has 0 saturated carbocycles. The number of carbonyl (C=O) groups is 1. The van der Waals surface area contributed by atoms with Crippen molar-refractivity contribution in [2.75, 3.05) is 13.1 Å². The number of benzene rings is 1. The van der Waals surface area contributed by atoms with Crippen LogP contribution in [0.15, 0.2) is 24.3 Å². The van der Waals surface area contributed by atoms with E-state index in [-0.39, 0.29) is 11.6 Å². The summed E-state index contributed by atoms with van der Waals surface area (Å²) in [6.07, 6.45) is 12.0. The summed E-state index contributed by atoms with van der Waals surface area (Å²) in [7, 11) is 0. The Morgan fingerprint density at radius 3 is 2.09 bits per heavy atom. The fraction of sp³-hybridized carbons (Fsp3) is 0.650. The number of nitrogens with one attached hydrogen (secondary N) is 1. The van der Waals surface area contributed by atoms with Gasteiger partial charge in [0.2, 0.25) is 0 Å². The van der Waals surface area contributed by atoms with Gasteiger partial charge in [0, 0.05) is 12.0 Å². The maximum Gasteiger partial charge on any atom is 0.162 e. The summed E-state index contributed by atoms with van der Waals surface area (Å²) in [6, 6.07) is 5.80. The van der Waals surface area contributed by atoms with Gasteiger partial charge in [0.05, 0.1) is 0 Å². The predicted octanol–water partition coefficient (Wildman–Crippen LogP) is 5.52. The minimum Gasteiger partial charge on any atom is -0.317 e. The molecule has 0 amide bonds. The Kier molecular flexibility index (Phi) is 11.4. The van der Waals surface area contributed by atoms with Gasteiger partial charge >= 0.3 is 0 Å². The third kappa shape index (κ3) is 10.2. The molecule has 0 saturated heterocycles. The summed E-state index contributed by atoms with van der Waals surface area (Å²) in [6.45, 7) is 4.17. The first-order valence-electron chi connectivity index (χ1n) is 9.23. The topological polar surface area (TPSA) is 29.1 Å². The summed E-state index contributed by atoms with van der Waals surface area (Å²) >= 11 is 0. The van der Waals surface area contributed by atoms with E-state index in [1.54, 1.807) is 12.1 Å². The summed E-state index contributed by atoms with van der Waals surface area (Å²) in [5.41, 5.74) is 0.606. The van der Waals surface area contributed by atoms with E-state index in [1.807, 2.05) is 0 Å². The van der Waals surface area contributed by atoms with Gasteiger partial charge in [-0.3, -0.25) is 4.79 Å². The van der Waals surface area contributed by atoms with Crippen LogP contribution in [0.25, 0.3) is 0 Å². The second-order valence-corrected chi connectivity index (χ2v) is 6.26. The van der Waals surface area contributed by atoms with E-state index in [0.717, 1.165) is 19.5 Å². The van der Waals surface area contributed by atoms with E-state index in [4.69, 9.17) is 0 Å². The molecule has 0 aliphatic carbocycles. The van der Waals surface area contributed by atoms with Crippen molar-refractivity contribution in [2.24, 2.45) is 0 Å². The molecule has 2 nitrogen and oxygen atoms in total. The molecule has 1 aromatic rings. The van der Waals surface area contributed by atoms with Gasteiger partial charge in [0.15, 0.2) is 5.78 Å². The Hall–Kier alpha value is -1.22. The Balaban J connectivity index is 1.89. The van der Waals surface area contributed by atoms with Gasteiger partial charge in [-0.25, -0.2) is 4.39 Å². The number of ketones is 1. The molecule has 0 bridgehead atoms. The molecule has 23 heavy (non-hydrogen) atoms. The average molecular weight is 321 g/mol. The number of hydrogen-bond donors (Lipinski definition) is 1. The highest BCUT2D eigenvalue weighted by Gasteiger charge is 2.05. The lowest BCUT2D eigenvalue weighted by Gasteiger charge is -2.05. The monoisotopic (exact) mass is 321 g/mol. The molecule has 0 radical (unpaired) electrons. The number of carbonyl (C=O) groups excluding carboxylic acids is 1. The van der Waals surface area contributed by atoms with Crippen LogP contribution >= 0.6 is 0 Å². The molecular weight excluding hydrogens is 289 g/mol. The molecule has 0 spiro atoms. The lowest BCUT2D eigenvalue weighted by molar-refractivity contribution is 0.0980. The SMILES string of the molecule is CCCCCCCCCCNCCCC(=O)c1ccc(F)cc1. The number of halogens is 1. The Morgan fingerprint density at radius 2 is 1.43 bits per heavy atom. The first-order chi connectivity index (χ1) is 11.2. The highest BCUT2D eigenvalue weighted by molar-refractivity contribution is 5.95. The molecular formula is C20H32FNO. The summed E-state index contributed by atoms with van der Waals surface area (Å²) in [5, 5.41) is 3.40. The molecule has 0 aromatic heterocycles. The van der Waals surface area contributed by atoms with Crippen molar-refractivity contribution in [3.63, 3.8) is 0 Å². The summed E-state index contributed by atoms with van der Waals surface area (Å²) in [5.74, 6) is -0.201. The van der Waals surface area contributed by atoms with Crippen molar-refractivity contribution >= 4 is 5.78 Å². The molecule has 0 aliphatic heterocycles. The molecule has 3 heteroatoms. The molecule has 0 aliphatic rings. The van der Waals surface area contributed by atoms with Crippen molar-refractivity contribution in [1.82, 2.24) is 5.32 Å². The Bertz CT molecular complexity index is 416. The zero-order chi connectivity index (χ0) is 16.8. The van der Waals surface area contributed by atoms with E-state index >= 15 is 0 Å². The highest BCUT2D eigenvalue weighted by atomic mass is 19.1. The molecule has 0 fully saturated rings. The van der Waals surface area contributed by atoms with Crippen molar-refractivity contribution in [2.45, 2.75) is 71.1 Å². The lowest BCUT2D eigenvalue weighted by atomic mass is 10.1. The van der Waals surface area contributed by atoms with Crippen LogP contribution in [0.3, 0.4) is 0 Å². The van der Waals surface area contributed by atoms with Crippen LogP contribution in [0.1, 0.15) is 81.5 Å². The zero-order valence-corrected chi connectivity index (χ0v) is 14.6. The van der Waals surface area contributed by atoms with Crippen LogP contribution in [0.2, 0.25) is 0 Å². The van der Waals surface area contributed by atoms with E-state index in [0.29, 0.717) is 12.0 Å². The standard InChI is InChI=1S/C20H32FNO/c1-2-3-4-5-6-7-8-9-16-22-17-10-11-20(23)18-12-14-19(21)15-13-18/h12-15,22H,2-11,16-17H2,1H3. The first-order valence-corrected chi connectivity index (χ1v) is 9.23. The van der Waals surface area contributed by atoms with E-state index in [1.165, 1.54) is 63.5 Å². The van der Waals surface area contributed by atoms with Crippen LogP contribution in [0, 0.1) is 5.82 Å². The van der Waals surface area contributed by atoms with Gasteiger partial charge in [0.25, 0.3) is 0 Å². The largest absolute Gasteiger partial charge is 0.317 e. The fourth-order valence-corrected chi connectivity index (χ4v) is 2.66. The molecule has 1 rings (SSSR count). The maximum atomic E-state index is 12.8. The smallest absolute Gasteiger partial charge is 0.162 e. The molecule has 0 unspecified atom stereocenters. The Morgan fingerprint density at radius 1 is 0.870 bits per heavy atom. The quantitative estimate of drug-likeness (QED) is 0.361. The molecule has 1 aromatic carbocycles. The summed E-state index contributed by atoms with van der Waals surface area (Å²) < 4.78 is 12.8. The lowest BCUT2D eigenvalue weighted by Crippen LogP contribution is -2.17. The number of rotatable bonds is 14. The molecule has 0 heterocycles. The van der Waals surface area contributed by atoms with Gasteiger partial charge in [-0.15, -0.1) is 0 Å². The van der Waals surface area contributed by atoms with Crippen LogP contribution in [0.4, 0.5) is 4.39 Å². The first kappa shape index (κ1) is 19.8. The minimum absolute atomic E-state index is 0.0962. The predicted molar refractivity (Wildman–Crippen MR) is 95.4 cm³/mol. The number of Topliss-reactive ketones (excluding diaryl/α,β-unsaturated/α-hetero) is 1. The number of hydrogen-bond acceptors (Lipinski definition) is 2. The molecule has 130 valence electrons. The van der Waals surface area contributed by atoms with Crippen LogP contribution < -0.4 is 5.32 Å². The van der Waals surface area contributed by atoms with Gasteiger partial charge in [-0.1, -0.05) is 51.9 Å².